The van der Waals surface area contributed by atoms with Crippen LogP contribution in [0.2, 0.25) is 0 Å². The second kappa shape index (κ2) is 8.59. The third kappa shape index (κ3) is 4.52. The first kappa shape index (κ1) is 18.1. The molecule has 136 valence electrons. The molecular weight excluding hydrogens is 398 g/mol. The first-order valence-corrected chi connectivity index (χ1v) is 10.9. The molecule has 0 radical (unpaired) electrons. The van der Waals surface area contributed by atoms with E-state index in [-0.39, 0.29) is 0 Å². The average Bonchev–Trinajstić information content (AvgIpc) is 3.10. The quantitative estimate of drug-likeness (QED) is 0.264. The molecule has 0 saturated heterocycles. The van der Waals surface area contributed by atoms with Gasteiger partial charge in [0.15, 0.2) is 20.3 Å². The predicted molar refractivity (Wildman–Crippen MR) is 110 cm³/mol. The van der Waals surface area contributed by atoms with Gasteiger partial charge in [-0.25, -0.2) is 29.9 Å². The van der Waals surface area contributed by atoms with E-state index in [1.165, 1.54) is 23.1 Å². The van der Waals surface area contributed by atoms with Crippen LogP contribution in [0.4, 0.5) is 10.9 Å². The molecule has 7 nitrogen and oxygen atoms in total. The number of thioether (sulfide) groups is 1. The third-order valence-electron chi connectivity index (χ3n) is 3.27. The van der Waals surface area contributed by atoms with Crippen LogP contribution in [0.1, 0.15) is 13.3 Å². The Morgan fingerprint density at radius 2 is 1.81 bits per heavy atom. The Kier molecular flexibility index (Phi) is 5.75. The molecule has 4 rings (SSSR count). The maximum absolute atomic E-state index is 4.69. The zero-order valence-electron chi connectivity index (χ0n) is 14.4. The molecule has 10 heteroatoms. The molecule has 1 N–H and O–H groups in total. The van der Waals surface area contributed by atoms with Gasteiger partial charge in [0, 0.05) is 24.3 Å². The number of aromatic nitrogens is 6. The van der Waals surface area contributed by atoms with Gasteiger partial charge in [-0.2, -0.15) is 0 Å². The lowest BCUT2D eigenvalue weighted by atomic mass is 10.5. The Morgan fingerprint density at radius 1 is 0.963 bits per heavy atom. The maximum Gasteiger partial charge on any atom is 0.193 e. The number of nitrogens with one attached hydrogen (secondary N) is 1. The van der Waals surface area contributed by atoms with Crippen LogP contribution < -0.4 is 5.32 Å². The monoisotopic (exact) mass is 413 g/mol. The van der Waals surface area contributed by atoms with Gasteiger partial charge in [-0.3, -0.25) is 0 Å². The van der Waals surface area contributed by atoms with Crippen LogP contribution in [0.3, 0.4) is 0 Å². The number of anilines is 2. The van der Waals surface area contributed by atoms with Crippen molar-refractivity contribution < 1.29 is 0 Å². The molecule has 4 heterocycles. The van der Waals surface area contributed by atoms with Crippen molar-refractivity contribution in [1.82, 2.24) is 29.9 Å². The average molecular weight is 414 g/mol. The van der Waals surface area contributed by atoms with Crippen LogP contribution in [0, 0.1) is 0 Å². The second-order valence-corrected chi connectivity index (χ2v) is 8.30. The molecule has 27 heavy (non-hydrogen) atoms. The molecule has 0 atom stereocenters. The number of pyridine rings is 1. The predicted octanol–water partition coefficient (Wildman–Crippen LogP) is 4.67. The molecule has 0 aliphatic rings. The van der Waals surface area contributed by atoms with Crippen LogP contribution in [0.5, 0.6) is 0 Å². The molecule has 0 spiro atoms. The second-order valence-electron chi connectivity index (χ2n) is 5.31. The molecule has 0 bridgehead atoms. The van der Waals surface area contributed by atoms with Crippen molar-refractivity contribution in [2.45, 2.75) is 28.7 Å². The molecule has 4 aromatic rings. The van der Waals surface area contributed by atoms with Crippen LogP contribution >= 0.6 is 34.9 Å². The number of nitrogens with zero attached hydrogens (tertiary/aromatic N) is 6. The Bertz CT molecular complexity index is 1020. The van der Waals surface area contributed by atoms with Gasteiger partial charge in [0.25, 0.3) is 0 Å². The lowest BCUT2D eigenvalue weighted by Gasteiger charge is -2.03. The summed E-state index contributed by atoms with van der Waals surface area (Å²) in [5, 5.41) is 6.10. The number of hydrogen-bond donors (Lipinski definition) is 1. The zero-order valence-corrected chi connectivity index (χ0v) is 16.8. The topological polar surface area (TPSA) is 89.4 Å². The van der Waals surface area contributed by atoms with Crippen molar-refractivity contribution in [3.05, 3.63) is 42.9 Å². The van der Waals surface area contributed by atoms with E-state index >= 15 is 0 Å². The van der Waals surface area contributed by atoms with Gasteiger partial charge in [0.1, 0.15) is 16.4 Å². The summed E-state index contributed by atoms with van der Waals surface area (Å²) in [6.07, 6.45) is 6.24. The van der Waals surface area contributed by atoms with E-state index < -0.39 is 0 Å². The van der Waals surface area contributed by atoms with Crippen LogP contribution in [0.25, 0.3) is 10.3 Å². The minimum Gasteiger partial charge on any atom is -0.316 e. The molecule has 4 aromatic heterocycles. The smallest absolute Gasteiger partial charge is 0.193 e. The van der Waals surface area contributed by atoms with Gasteiger partial charge < -0.3 is 5.32 Å². The minimum atomic E-state index is 0.635. The minimum absolute atomic E-state index is 0.635. The molecule has 0 fully saturated rings. The zero-order chi connectivity index (χ0) is 18.5. The van der Waals surface area contributed by atoms with Crippen molar-refractivity contribution in [1.29, 1.82) is 0 Å². The van der Waals surface area contributed by atoms with Gasteiger partial charge in [0.2, 0.25) is 0 Å². The molecular formula is C17H15N7S3. The first-order chi connectivity index (χ1) is 13.3. The summed E-state index contributed by atoms with van der Waals surface area (Å²) in [4.78, 5) is 27.7. The normalized spacial score (nSPS) is 11.0. The Labute approximate surface area is 168 Å². The highest BCUT2D eigenvalue weighted by Gasteiger charge is 2.16. The van der Waals surface area contributed by atoms with E-state index in [2.05, 4.69) is 42.1 Å². The maximum atomic E-state index is 4.69. The molecule has 0 aromatic carbocycles. The van der Waals surface area contributed by atoms with Gasteiger partial charge in [-0.1, -0.05) is 36.1 Å². The fraction of sp³-hybridized carbons (Fsp3) is 0.176. The van der Waals surface area contributed by atoms with E-state index in [1.807, 2.05) is 18.2 Å². The van der Waals surface area contributed by atoms with Gasteiger partial charge in [-0.15, -0.1) is 0 Å². The number of hydrogen-bond acceptors (Lipinski definition) is 10. The molecule has 0 amide bonds. The van der Waals surface area contributed by atoms with Crippen molar-refractivity contribution in [2.24, 2.45) is 0 Å². The highest BCUT2D eigenvalue weighted by Crippen LogP contribution is 2.35. The lowest BCUT2D eigenvalue weighted by Crippen LogP contribution is -1.94. The first-order valence-electron chi connectivity index (χ1n) is 8.26. The summed E-state index contributed by atoms with van der Waals surface area (Å²) in [6.45, 7) is 2.14. The van der Waals surface area contributed by atoms with Crippen molar-refractivity contribution in [3.8, 4) is 0 Å². The standard InChI is InChI=1S/C17H15N7S3/c1-2-10-25-16-23-13(26-15-19-8-5-9-20-15)12-14(24-16)27-17(22-12)21-11-6-3-4-7-18-11/h3-9H,2,10H2,1H3,(H,18,21,22). The Balaban J connectivity index is 1.71. The van der Waals surface area contributed by atoms with Crippen LogP contribution in [0.15, 0.2) is 58.2 Å². The summed E-state index contributed by atoms with van der Waals surface area (Å²) in [7, 11) is 0. The van der Waals surface area contributed by atoms with E-state index in [1.54, 1.807) is 36.4 Å². The van der Waals surface area contributed by atoms with Crippen molar-refractivity contribution in [2.75, 3.05) is 11.1 Å². The highest BCUT2D eigenvalue weighted by molar-refractivity contribution is 7.99. The van der Waals surface area contributed by atoms with Crippen molar-refractivity contribution >= 4 is 56.2 Å². The summed E-state index contributed by atoms with van der Waals surface area (Å²) in [5.74, 6) is 1.71. The summed E-state index contributed by atoms with van der Waals surface area (Å²) < 4.78 is 0. The fourth-order valence-corrected chi connectivity index (χ4v) is 4.63. The van der Waals surface area contributed by atoms with Crippen LogP contribution in [-0.2, 0) is 0 Å². The summed E-state index contributed by atoms with van der Waals surface area (Å²) >= 11 is 4.53. The number of rotatable bonds is 7. The lowest BCUT2D eigenvalue weighted by molar-refractivity contribution is 0.912. The van der Waals surface area contributed by atoms with Gasteiger partial charge in [-0.05, 0) is 36.4 Å². The third-order valence-corrected chi connectivity index (χ3v) is 6.06. The molecule has 0 saturated carbocycles. The summed E-state index contributed by atoms with van der Waals surface area (Å²) in [5.41, 5.74) is 0.747. The van der Waals surface area contributed by atoms with E-state index in [0.29, 0.717) is 5.16 Å². The van der Waals surface area contributed by atoms with Gasteiger partial charge >= 0.3 is 0 Å². The number of fused-ring (bicyclic) bond motifs is 1. The molecule has 0 unspecified atom stereocenters. The molecule has 0 aliphatic heterocycles. The Hall–Kier alpha value is -2.30. The largest absolute Gasteiger partial charge is 0.316 e. The number of thiazole rings is 1. The fourth-order valence-electron chi connectivity index (χ4n) is 2.13. The van der Waals surface area contributed by atoms with Crippen LogP contribution in [-0.4, -0.2) is 35.7 Å². The summed E-state index contributed by atoms with van der Waals surface area (Å²) in [6, 6.07) is 7.49. The SMILES string of the molecule is CCCSc1nc(Sc2ncccn2)c2nc(Nc3ccccn3)sc2n1. The molecule has 0 aliphatic carbocycles. The van der Waals surface area contributed by atoms with Gasteiger partial charge in [0.05, 0.1) is 0 Å². The highest BCUT2D eigenvalue weighted by atomic mass is 32.2. The van der Waals surface area contributed by atoms with E-state index in [0.717, 1.165) is 43.7 Å². The van der Waals surface area contributed by atoms with E-state index in [9.17, 15) is 0 Å². The Morgan fingerprint density at radius 3 is 2.59 bits per heavy atom. The van der Waals surface area contributed by atoms with Crippen molar-refractivity contribution in [3.63, 3.8) is 0 Å². The van der Waals surface area contributed by atoms with E-state index in [4.69, 9.17) is 0 Å².